The number of hydrogen-bond donors (Lipinski definition) is 0. The normalized spacial score (nSPS) is 12.4. The molecule has 3 heteroatoms. The van der Waals surface area contributed by atoms with Crippen LogP contribution in [0.5, 0.6) is 0 Å². The quantitative estimate of drug-likeness (QED) is 0.136. The number of para-hydroxylation sites is 3. The van der Waals surface area contributed by atoms with E-state index in [1.165, 1.54) is 77.3 Å². The lowest BCUT2D eigenvalue weighted by molar-refractivity contribution is 0.918. The summed E-state index contributed by atoms with van der Waals surface area (Å²) in [7, 11) is 0. The number of anilines is 5. The molecule has 0 fully saturated rings. The first-order valence-corrected chi connectivity index (χ1v) is 23.2. The van der Waals surface area contributed by atoms with Crippen molar-refractivity contribution in [3.63, 3.8) is 0 Å². The SMILES string of the molecule is C1=CCCC(N(c2ccccc2)c2ccc(-c3ccc4c(c3)c3cc(-c5ccc(N(c6ccccc6)c6ccccc6)cc5)ccc3n4-c3ccc(-c4ccc5ccccc5c4)cc3)cc2)=C1. The lowest BCUT2D eigenvalue weighted by Gasteiger charge is -2.29. The van der Waals surface area contributed by atoms with E-state index in [9.17, 15) is 0 Å². The number of allylic oxidation sites excluding steroid dienone is 4. The van der Waals surface area contributed by atoms with Crippen LogP contribution >= 0.6 is 0 Å². The highest BCUT2D eigenvalue weighted by Gasteiger charge is 2.19. The molecule has 10 aromatic carbocycles. The van der Waals surface area contributed by atoms with Crippen LogP contribution in [0.3, 0.4) is 0 Å². The first-order chi connectivity index (χ1) is 33.2. The number of benzene rings is 10. The first kappa shape index (κ1) is 39.9. The fourth-order valence-electron chi connectivity index (χ4n) is 9.87. The van der Waals surface area contributed by atoms with Crippen molar-refractivity contribution in [2.45, 2.75) is 12.8 Å². The highest BCUT2D eigenvalue weighted by atomic mass is 15.2. The monoisotopic (exact) mass is 857 g/mol. The Labute approximate surface area is 392 Å². The van der Waals surface area contributed by atoms with Gasteiger partial charge in [0.2, 0.25) is 0 Å². The minimum Gasteiger partial charge on any atom is -0.314 e. The van der Waals surface area contributed by atoms with E-state index in [4.69, 9.17) is 0 Å². The van der Waals surface area contributed by atoms with Gasteiger partial charge in [0, 0.05) is 50.6 Å². The van der Waals surface area contributed by atoms with Gasteiger partial charge in [-0.25, -0.2) is 0 Å². The van der Waals surface area contributed by atoms with Gasteiger partial charge >= 0.3 is 0 Å². The van der Waals surface area contributed by atoms with Gasteiger partial charge in [-0.3, -0.25) is 0 Å². The number of rotatable bonds is 10. The molecule has 12 rings (SSSR count). The molecule has 0 bridgehead atoms. The average Bonchev–Trinajstić information content (AvgIpc) is 3.73. The van der Waals surface area contributed by atoms with E-state index in [2.05, 4.69) is 275 Å². The molecular weight excluding hydrogens is 811 g/mol. The molecule has 1 aliphatic carbocycles. The van der Waals surface area contributed by atoms with Crippen LogP contribution in [0.4, 0.5) is 28.4 Å². The molecule has 318 valence electrons. The Bertz CT molecular complexity index is 3550. The smallest absolute Gasteiger partial charge is 0.0541 e. The number of aromatic nitrogens is 1. The lowest BCUT2D eigenvalue weighted by atomic mass is 9.99. The summed E-state index contributed by atoms with van der Waals surface area (Å²) in [6.07, 6.45) is 8.72. The molecule has 1 aliphatic rings. The van der Waals surface area contributed by atoms with Crippen LogP contribution in [0.1, 0.15) is 12.8 Å². The Kier molecular flexibility index (Phi) is 10.3. The van der Waals surface area contributed by atoms with Crippen molar-refractivity contribution in [2.24, 2.45) is 0 Å². The van der Waals surface area contributed by atoms with Gasteiger partial charge in [0.05, 0.1) is 11.0 Å². The van der Waals surface area contributed by atoms with Crippen LogP contribution in [0, 0.1) is 0 Å². The zero-order valence-electron chi connectivity index (χ0n) is 37.1. The zero-order chi connectivity index (χ0) is 44.5. The van der Waals surface area contributed by atoms with Crippen molar-refractivity contribution in [1.82, 2.24) is 4.57 Å². The van der Waals surface area contributed by atoms with Gasteiger partial charge in [0.15, 0.2) is 0 Å². The van der Waals surface area contributed by atoms with E-state index in [1.54, 1.807) is 0 Å². The molecule has 11 aromatic rings. The van der Waals surface area contributed by atoms with Crippen molar-refractivity contribution < 1.29 is 0 Å². The van der Waals surface area contributed by atoms with Gasteiger partial charge in [0.1, 0.15) is 0 Å². The molecule has 0 aliphatic heterocycles. The van der Waals surface area contributed by atoms with Crippen LogP contribution in [0.25, 0.3) is 71.6 Å². The molecule has 0 saturated heterocycles. The van der Waals surface area contributed by atoms with E-state index >= 15 is 0 Å². The summed E-state index contributed by atoms with van der Waals surface area (Å²) in [5.41, 5.74) is 17.6. The Balaban J connectivity index is 0.949. The second-order valence-electron chi connectivity index (χ2n) is 17.3. The van der Waals surface area contributed by atoms with Crippen LogP contribution < -0.4 is 9.80 Å². The molecule has 0 saturated carbocycles. The molecular formula is C64H47N3. The number of hydrogen-bond acceptors (Lipinski definition) is 2. The van der Waals surface area contributed by atoms with E-state index in [-0.39, 0.29) is 0 Å². The summed E-state index contributed by atoms with van der Waals surface area (Å²) < 4.78 is 2.43. The summed E-state index contributed by atoms with van der Waals surface area (Å²) in [6.45, 7) is 0. The maximum Gasteiger partial charge on any atom is 0.0541 e. The standard InChI is InChI=1S/C64H47N3/c1-5-17-54(18-6-1)65(55-19-7-2-8-20-55)58-35-27-48(28-36-58)52-33-41-63-61(44-52)62-45-53(49-29-37-59(38-30-49)66(56-21-9-3-10-22-56)57-23-11-4-12-24-57)34-42-64(62)67(63)60-39-31-47(32-40-60)51-26-25-46-15-13-14-16-50(46)43-51/h1-11,13-23,25-45H,12,24H2. The Hall–Kier alpha value is -8.66. The predicted molar refractivity (Wildman–Crippen MR) is 284 cm³/mol. The lowest BCUT2D eigenvalue weighted by Crippen LogP contribution is -2.17. The van der Waals surface area contributed by atoms with E-state index < -0.39 is 0 Å². The van der Waals surface area contributed by atoms with Crippen LogP contribution in [0.15, 0.2) is 267 Å². The molecule has 3 nitrogen and oxygen atoms in total. The molecule has 0 amide bonds. The first-order valence-electron chi connectivity index (χ1n) is 23.2. The van der Waals surface area contributed by atoms with Gasteiger partial charge in [-0.15, -0.1) is 0 Å². The molecule has 67 heavy (non-hydrogen) atoms. The molecule has 0 atom stereocenters. The fourth-order valence-corrected chi connectivity index (χ4v) is 9.87. The van der Waals surface area contributed by atoms with Gasteiger partial charge in [0.25, 0.3) is 0 Å². The van der Waals surface area contributed by atoms with E-state index in [1.807, 2.05) is 0 Å². The summed E-state index contributed by atoms with van der Waals surface area (Å²) in [5.74, 6) is 0. The summed E-state index contributed by atoms with van der Waals surface area (Å²) >= 11 is 0. The zero-order valence-corrected chi connectivity index (χ0v) is 37.1. The largest absolute Gasteiger partial charge is 0.314 e. The second-order valence-corrected chi connectivity index (χ2v) is 17.3. The Morgan fingerprint density at radius 3 is 1.27 bits per heavy atom. The summed E-state index contributed by atoms with van der Waals surface area (Å²) in [4.78, 5) is 4.70. The van der Waals surface area contributed by atoms with Gasteiger partial charge in [-0.1, -0.05) is 152 Å². The maximum atomic E-state index is 2.43. The average molecular weight is 858 g/mol. The predicted octanol–water partition coefficient (Wildman–Crippen LogP) is 17.8. The van der Waals surface area contributed by atoms with Crippen LogP contribution in [-0.4, -0.2) is 4.57 Å². The third-order valence-electron chi connectivity index (χ3n) is 13.2. The Morgan fingerprint density at radius 2 is 0.746 bits per heavy atom. The molecule has 1 heterocycles. The van der Waals surface area contributed by atoms with Gasteiger partial charge in [-0.2, -0.15) is 0 Å². The second kappa shape index (κ2) is 17.4. The number of nitrogens with zero attached hydrogens (tertiary/aromatic N) is 3. The van der Waals surface area contributed by atoms with Crippen LogP contribution in [0.2, 0.25) is 0 Å². The highest BCUT2D eigenvalue weighted by molar-refractivity contribution is 6.11. The van der Waals surface area contributed by atoms with Crippen molar-refractivity contribution >= 4 is 61.0 Å². The molecule has 1 aromatic heterocycles. The molecule has 0 unspecified atom stereocenters. The Morgan fingerprint density at radius 1 is 0.328 bits per heavy atom. The molecule has 0 spiro atoms. The third kappa shape index (κ3) is 7.67. The molecule has 0 radical (unpaired) electrons. The highest BCUT2D eigenvalue weighted by Crippen LogP contribution is 2.41. The van der Waals surface area contributed by atoms with E-state index in [0.29, 0.717) is 0 Å². The van der Waals surface area contributed by atoms with Gasteiger partial charge < -0.3 is 14.4 Å². The van der Waals surface area contributed by atoms with Crippen molar-refractivity contribution in [1.29, 1.82) is 0 Å². The van der Waals surface area contributed by atoms with E-state index in [0.717, 1.165) is 41.3 Å². The minimum absolute atomic E-state index is 1.01. The van der Waals surface area contributed by atoms with Crippen molar-refractivity contribution in [3.8, 4) is 39.1 Å². The fraction of sp³-hybridized carbons (Fsp3) is 0.0312. The minimum atomic E-state index is 1.01. The topological polar surface area (TPSA) is 11.4 Å². The third-order valence-corrected chi connectivity index (χ3v) is 13.2. The van der Waals surface area contributed by atoms with Crippen molar-refractivity contribution in [2.75, 3.05) is 9.80 Å². The molecule has 0 N–H and O–H groups in total. The summed E-state index contributed by atoms with van der Waals surface area (Å²) in [5, 5.41) is 4.94. The van der Waals surface area contributed by atoms with Gasteiger partial charge in [-0.05, 0) is 166 Å². The maximum absolute atomic E-state index is 2.43. The van der Waals surface area contributed by atoms with Crippen LogP contribution in [-0.2, 0) is 0 Å². The summed E-state index contributed by atoms with van der Waals surface area (Å²) in [6, 6.07) is 88.3. The number of fused-ring (bicyclic) bond motifs is 4. The van der Waals surface area contributed by atoms with Crippen molar-refractivity contribution in [3.05, 3.63) is 267 Å².